The molecule has 0 atom stereocenters. The number of aryl methyl sites for hydroxylation is 1. The van der Waals surface area contributed by atoms with Crippen molar-refractivity contribution in [1.29, 1.82) is 0 Å². The van der Waals surface area contributed by atoms with Crippen LogP contribution in [0.2, 0.25) is 0 Å². The summed E-state index contributed by atoms with van der Waals surface area (Å²) in [6.45, 7) is 9.57. The Morgan fingerprint density at radius 3 is 2.58 bits per heavy atom. The smallest absolute Gasteiger partial charge is 0.251 e. The number of aliphatic imine (C=N–C) groups is 1. The minimum atomic E-state index is -0.0974. The zero-order valence-corrected chi connectivity index (χ0v) is 11.4. The monoisotopic (exact) mass is 256 g/mol. The third-order valence-corrected chi connectivity index (χ3v) is 2.73. The van der Waals surface area contributed by atoms with Crippen LogP contribution in [0.3, 0.4) is 0 Å². The van der Waals surface area contributed by atoms with E-state index in [2.05, 4.69) is 30.5 Å². The Kier molecular flexibility index (Phi) is 6.30. The maximum atomic E-state index is 11.9. The summed E-state index contributed by atoms with van der Waals surface area (Å²) < 4.78 is 0. The molecule has 0 aliphatic heterocycles. The lowest BCUT2D eigenvalue weighted by molar-refractivity contribution is 0.0957. The van der Waals surface area contributed by atoms with Gasteiger partial charge in [0.1, 0.15) is 0 Å². The van der Waals surface area contributed by atoms with E-state index in [1.807, 2.05) is 24.3 Å². The minimum Gasteiger partial charge on any atom is -0.348 e. The van der Waals surface area contributed by atoms with Gasteiger partial charge in [0.2, 0.25) is 0 Å². The predicted molar refractivity (Wildman–Crippen MR) is 80.6 cm³/mol. The van der Waals surface area contributed by atoms with Crippen LogP contribution in [0, 0.1) is 0 Å². The molecule has 0 saturated heterocycles. The molecule has 0 aliphatic carbocycles. The molecule has 1 aromatic carbocycles. The molecule has 0 bridgehead atoms. The van der Waals surface area contributed by atoms with Crippen molar-refractivity contribution in [1.82, 2.24) is 5.32 Å². The third-order valence-electron chi connectivity index (χ3n) is 2.73. The molecule has 100 valence electrons. The molecule has 0 aromatic heterocycles. The molecule has 0 radical (unpaired) electrons. The van der Waals surface area contributed by atoms with E-state index in [1.54, 1.807) is 12.3 Å². The standard InChI is InChI=1S/C16H20N2O/c1-4-6-14-7-9-15(10-8-14)16(19)18-12-13(5-2)11-17-3/h5,7-11H,2-4,6,12H2,1H3,(H,18,19)/b13-11+. The van der Waals surface area contributed by atoms with Gasteiger partial charge in [0.05, 0.1) is 0 Å². The van der Waals surface area contributed by atoms with Crippen molar-refractivity contribution in [3.8, 4) is 0 Å². The van der Waals surface area contributed by atoms with Crippen LogP contribution in [0.5, 0.6) is 0 Å². The average molecular weight is 256 g/mol. The number of hydrogen-bond acceptors (Lipinski definition) is 2. The van der Waals surface area contributed by atoms with E-state index >= 15 is 0 Å². The van der Waals surface area contributed by atoms with Crippen molar-refractivity contribution in [3.05, 3.63) is 59.8 Å². The van der Waals surface area contributed by atoms with Gasteiger partial charge in [-0.25, -0.2) is 0 Å². The molecule has 0 saturated carbocycles. The fraction of sp³-hybridized carbons (Fsp3) is 0.250. The van der Waals surface area contributed by atoms with Gasteiger partial charge >= 0.3 is 0 Å². The summed E-state index contributed by atoms with van der Waals surface area (Å²) in [4.78, 5) is 15.6. The molecule has 1 aromatic rings. The summed E-state index contributed by atoms with van der Waals surface area (Å²) in [5, 5.41) is 2.82. The summed E-state index contributed by atoms with van der Waals surface area (Å²) in [5.41, 5.74) is 2.74. The molecule has 0 aliphatic rings. The topological polar surface area (TPSA) is 41.5 Å². The summed E-state index contributed by atoms with van der Waals surface area (Å²) in [6.07, 6.45) is 5.38. The largest absolute Gasteiger partial charge is 0.348 e. The summed E-state index contributed by atoms with van der Waals surface area (Å²) in [7, 11) is 0. The number of carbonyl (C=O) groups excluding carboxylic acids is 1. The number of carbonyl (C=O) groups is 1. The van der Waals surface area contributed by atoms with Gasteiger partial charge in [0.15, 0.2) is 0 Å². The first kappa shape index (κ1) is 14.9. The quantitative estimate of drug-likeness (QED) is 0.591. The fourth-order valence-electron chi connectivity index (χ4n) is 1.68. The SMILES string of the molecule is C=C/C(=C\N=C)CNC(=O)c1ccc(CCC)cc1. The Balaban J connectivity index is 2.60. The molecule has 0 spiro atoms. The van der Waals surface area contributed by atoms with Crippen LogP contribution in [0.1, 0.15) is 29.3 Å². The zero-order valence-electron chi connectivity index (χ0n) is 11.4. The Morgan fingerprint density at radius 1 is 1.37 bits per heavy atom. The molecule has 3 heteroatoms. The number of nitrogens with one attached hydrogen (secondary N) is 1. The van der Waals surface area contributed by atoms with Gasteiger partial charge in [-0.1, -0.05) is 38.1 Å². The maximum Gasteiger partial charge on any atom is 0.251 e. The van der Waals surface area contributed by atoms with Gasteiger partial charge in [0.25, 0.3) is 5.91 Å². The zero-order chi connectivity index (χ0) is 14.1. The van der Waals surface area contributed by atoms with Gasteiger partial charge in [0, 0.05) is 18.3 Å². The van der Waals surface area contributed by atoms with Gasteiger partial charge in [-0.05, 0) is 36.4 Å². The predicted octanol–water partition coefficient (Wildman–Crippen LogP) is 3.14. The van der Waals surface area contributed by atoms with Crippen LogP contribution in [0.25, 0.3) is 0 Å². The van der Waals surface area contributed by atoms with Crippen LogP contribution < -0.4 is 5.32 Å². The Bertz CT molecular complexity index is 472. The molecule has 1 rings (SSSR count). The second-order valence-corrected chi connectivity index (χ2v) is 4.22. The maximum absolute atomic E-state index is 11.9. The van der Waals surface area contributed by atoms with E-state index in [0.717, 1.165) is 18.4 Å². The summed E-state index contributed by atoms with van der Waals surface area (Å²) in [5.74, 6) is -0.0974. The van der Waals surface area contributed by atoms with Crippen LogP contribution in [-0.2, 0) is 6.42 Å². The first-order valence-corrected chi connectivity index (χ1v) is 6.35. The number of benzene rings is 1. The second kappa shape index (κ2) is 8.03. The van der Waals surface area contributed by atoms with Crippen molar-refractivity contribution in [2.75, 3.05) is 6.54 Å². The highest BCUT2D eigenvalue weighted by Crippen LogP contribution is 2.07. The first-order chi connectivity index (χ1) is 9.21. The highest BCUT2D eigenvalue weighted by Gasteiger charge is 2.05. The van der Waals surface area contributed by atoms with Crippen LogP contribution in [0.4, 0.5) is 0 Å². The van der Waals surface area contributed by atoms with E-state index < -0.39 is 0 Å². The van der Waals surface area contributed by atoms with E-state index in [-0.39, 0.29) is 5.91 Å². The molecule has 0 unspecified atom stereocenters. The van der Waals surface area contributed by atoms with Crippen molar-refractivity contribution in [3.63, 3.8) is 0 Å². The second-order valence-electron chi connectivity index (χ2n) is 4.22. The molecule has 1 amide bonds. The summed E-state index contributed by atoms with van der Waals surface area (Å²) >= 11 is 0. The summed E-state index contributed by atoms with van der Waals surface area (Å²) in [6, 6.07) is 7.69. The van der Waals surface area contributed by atoms with Crippen molar-refractivity contribution in [2.24, 2.45) is 4.99 Å². The van der Waals surface area contributed by atoms with E-state index in [9.17, 15) is 4.79 Å². The lowest BCUT2D eigenvalue weighted by Gasteiger charge is -2.06. The highest BCUT2D eigenvalue weighted by atomic mass is 16.1. The molecule has 0 heterocycles. The Labute approximate surface area is 114 Å². The molecule has 1 N–H and O–H groups in total. The number of hydrogen-bond donors (Lipinski definition) is 1. The lowest BCUT2D eigenvalue weighted by Crippen LogP contribution is -2.25. The van der Waals surface area contributed by atoms with Gasteiger partial charge in [-0.2, -0.15) is 0 Å². The molecule has 0 fully saturated rings. The van der Waals surface area contributed by atoms with Gasteiger partial charge < -0.3 is 5.32 Å². The van der Waals surface area contributed by atoms with Crippen molar-refractivity contribution < 1.29 is 4.79 Å². The fourth-order valence-corrected chi connectivity index (χ4v) is 1.68. The first-order valence-electron chi connectivity index (χ1n) is 6.35. The molecular weight excluding hydrogens is 236 g/mol. The lowest BCUT2D eigenvalue weighted by atomic mass is 10.1. The molecule has 19 heavy (non-hydrogen) atoms. The average Bonchev–Trinajstić information content (AvgIpc) is 2.44. The number of amides is 1. The Morgan fingerprint density at radius 2 is 2.05 bits per heavy atom. The van der Waals surface area contributed by atoms with E-state index in [4.69, 9.17) is 0 Å². The normalized spacial score (nSPS) is 10.9. The van der Waals surface area contributed by atoms with Gasteiger partial charge in [-0.15, -0.1) is 0 Å². The van der Waals surface area contributed by atoms with Crippen molar-refractivity contribution >= 4 is 12.6 Å². The van der Waals surface area contributed by atoms with E-state index in [1.165, 1.54) is 5.56 Å². The van der Waals surface area contributed by atoms with Crippen LogP contribution >= 0.6 is 0 Å². The Hall–Kier alpha value is -2.16. The third kappa shape index (κ3) is 4.92. The van der Waals surface area contributed by atoms with E-state index in [0.29, 0.717) is 12.1 Å². The van der Waals surface area contributed by atoms with Crippen LogP contribution in [0.15, 0.2) is 53.7 Å². The molecular formula is C16H20N2O. The molecule has 3 nitrogen and oxygen atoms in total. The van der Waals surface area contributed by atoms with Crippen molar-refractivity contribution in [2.45, 2.75) is 19.8 Å². The number of nitrogens with zero attached hydrogens (tertiary/aromatic N) is 1. The van der Waals surface area contributed by atoms with Gasteiger partial charge in [-0.3, -0.25) is 9.79 Å². The number of rotatable bonds is 7. The highest BCUT2D eigenvalue weighted by molar-refractivity contribution is 5.94. The minimum absolute atomic E-state index is 0.0974. The van der Waals surface area contributed by atoms with Crippen LogP contribution in [-0.4, -0.2) is 19.2 Å².